The molecule has 0 amide bonds. The topological polar surface area (TPSA) is 12.9 Å². The van der Waals surface area contributed by atoms with Crippen LogP contribution in [0.2, 0.25) is 0 Å². The maximum Gasteiger partial charge on any atom is 0.114 e. The Morgan fingerprint density at radius 3 is 2.67 bits per heavy atom. The fraction of sp³-hybridized carbons (Fsp3) is 0.250. The van der Waals surface area contributed by atoms with Gasteiger partial charge in [0.05, 0.1) is 5.69 Å². The van der Waals surface area contributed by atoms with Crippen molar-refractivity contribution in [1.29, 1.82) is 0 Å². The Kier molecular flexibility index (Phi) is 3.12. The number of halogens is 2. The number of hydrogen-bond donors (Lipinski definition) is 0. The Morgan fingerprint density at radius 2 is 2.00 bits per heavy atom. The van der Waals surface area contributed by atoms with E-state index in [0.29, 0.717) is 0 Å². The van der Waals surface area contributed by atoms with Crippen LogP contribution in [-0.4, -0.2) is 4.98 Å². The normalized spacial score (nSPS) is 10.9. The van der Waals surface area contributed by atoms with Crippen molar-refractivity contribution in [1.82, 2.24) is 4.98 Å². The molecule has 0 saturated carbocycles. The van der Waals surface area contributed by atoms with E-state index in [2.05, 4.69) is 62.0 Å². The minimum Gasteiger partial charge on any atom is -0.244 e. The molecule has 0 saturated heterocycles. The number of aryl methyl sites for hydroxylation is 2. The summed E-state index contributed by atoms with van der Waals surface area (Å²) in [5.74, 6) is 0. The third-order valence-electron chi connectivity index (χ3n) is 2.56. The fourth-order valence-electron chi connectivity index (χ4n) is 1.76. The van der Waals surface area contributed by atoms with Gasteiger partial charge in [0.25, 0.3) is 0 Å². The van der Waals surface area contributed by atoms with Crippen molar-refractivity contribution in [2.45, 2.75) is 20.3 Å². The molecule has 2 rings (SSSR count). The minimum absolute atomic E-state index is 0.925. The first-order valence-electron chi connectivity index (χ1n) is 4.88. The molecule has 0 spiro atoms. The molecule has 0 unspecified atom stereocenters. The zero-order valence-electron chi connectivity index (χ0n) is 8.64. The van der Waals surface area contributed by atoms with Crippen molar-refractivity contribution in [3.63, 3.8) is 0 Å². The van der Waals surface area contributed by atoms with Gasteiger partial charge in [-0.3, -0.25) is 0 Å². The summed E-state index contributed by atoms with van der Waals surface area (Å²) in [5.41, 5.74) is 2.38. The van der Waals surface area contributed by atoms with Gasteiger partial charge in [0, 0.05) is 15.2 Å². The maximum absolute atomic E-state index is 4.45. The van der Waals surface area contributed by atoms with Crippen molar-refractivity contribution in [3.05, 3.63) is 38.5 Å². The fourth-order valence-corrected chi connectivity index (χ4v) is 2.92. The quantitative estimate of drug-likeness (QED) is 0.695. The predicted octanol–water partition coefficient (Wildman–Crippen LogP) is 4.63. The molecular weight excluding hydrogens is 318 g/mol. The first kappa shape index (κ1) is 11.1. The van der Waals surface area contributed by atoms with E-state index < -0.39 is 0 Å². The van der Waals surface area contributed by atoms with Crippen LogP contribution in [0, 0.1) is 6.92 Å². The van der Waals surface area contributed by atoms with Gasteiger partial charge in [0.1, 0.15) is 4.60 Å². The molecule has 0 aliphatic rings. The Hall–Kier alpha value is -0.410. The van der Waals surface area contributed by atoms with Crippen molar-refractivity contribution < 1.29 is 0 Å². The van der Waals surface area contributed by atoms with Crippen LogP contribution in [-0.2, 0) is 6.42 Å². The molecule has 1 heterocycles. The summed E-state index contributed by atoms with van der Waals surface area (Å²) in [6.07, 6.45) is 1.03. The van der Waals surface area contributed by atoms with Crippen LogP contribution in [0.25, 0.3) is 10.8 Å². The van der Waals surface area contributed by atoms with Gasteiger partial charge in [-0.05, 0) is 50.8 Å². The Morgan fingerprint density at radius 1 is 1.27 bits per heavy atom. The van der Waals surface area contributed by atoms with E-state index in [1.807, 2.05) is 6.92 Å². The highest BCUT2D eigenvalue weighted by atomic mass is 79.9. The molecule has 78 valence electrons. The lowest BCUT2D eigenvalue weighted by Gasteiger charge is -2.09. The molecule has 15 heavy (non-hydrogen) atoms. The summed E-state index contributed by atoms with van der Waals surface area (Å²) in [6, 6.07) is 6.34. The van der Waals surface area contributed by atoms with E-state index in [4.69, 9.17) is 0 Å². The molecule has 1 aromatic heterocycles. The second-order valence-corrected chi connectivity index (χ2v) is 5.04. The first-order chi connectivity index (χ1) is 7.15. The lowest BCUT2D eigenvalue weighted by Crippen LogP contribution is -1.92. The van der Waals surface area contributed by atoms with E-state index in [1.165, 1.54) is 16.3 Å². The number of hydrogen-bond acceptors (Lipinski definition) is 1. The van der Waals surface area contributed by atoms with Crippen molar-refractivity contribution in [2.24, 2.45) is 0 Å². The smallest absolute Gasteiger partial charge is 0.114 e. The predicted molar refractivity (Wildman–Crippen MR) is 71.3 cm³/mol. The number of pyridine rings is 1. The van der Waals surface area contributed by atoms with E-state index in [-0.39, 0.29) is 0 Å². The second-order valence-electron chi connectivity index (χ2n) is 3.50. The molecule has 3 heteroatoms. The van der Waals surface area contributed by atoms with Crippen LogP contribution in [0.3, 0.4) is 0 Å². The van der Waals surface area contributed by atoms with Crippen LogP contribution in [0.1, 0.15) is 18.2 Å². The number of benzene rings is 1. The lowest BCUT2D eigenvalue weighted by atomic mass is 10.0. The zero-order chi connectivity index (χ0) is 11.0. The highest BCUT2D eigenvalue weighted by Gasteiger charge is 2.10. The Bertz CT molecular complexity index is 521. The molecule has 0 fully saturated rings. The SMILES string of the molecule is CCc1cccc2c(Br)nc(C)c(Br)c12. The number of nitrogens with zero attached hydrogens (tertiary/aromatic N) is 1. The van der Waals surface area contributed by atoms with E-state index >= 15 is 0 Å². The molecule has 0 N–H and O–H groups in total. The van der Waals surface area contributed by atoms with Gasteiger partial charge >= 0.3 is 0 Å². The Balaban J connectivity index is 2.96. The van der Waals surface area contributed by atoms with Crippen LogP contribution in [0.4, 0.5) is 0 Å². The number of rotatable bonds is 1. The van der Waals surface area contributed by atoms with E-state index in [9.17, 15) is 0 Å². The summed E-state index contributed by atoms with van der Waals surface area (Å²) in [7, 11) is 0. The summed E-state index contributed by atoms with van der Waals surface area (Å²) in [5, 5.41) is 2.45. The molecule has 0 radical (unpaired) electrons. The molecule has 2 aromatic rings. The number of fused-ring (bicyclic) bond motifs is 1. The van der Waals surface area contributed by atoms with Crippen LogP contribution in [0.5, 0.6) is 0 Å². The zero-order valence-corrected chi connectivity index (χ0v) is 11.8. The standard InChI is InChI=1S/C12H11Br2N/c1-3-8-5-4-6-9-10(8)11(13)7(2)15-12(9)14/h4-6H,3H2,1-2H3. The molecule has 0 atom stereocenters. The average Bonchev–Trinajstić information content (AvgIpc) is 2.25. The molecule has 1 aromatic carbocycles. The highest BCUT2D eigenvalue weighted by molar-refractivity contribution is 9.11. The average molecular weight is 329 g/mol. The van der Waals surface area contributed by atoms with E-state index in [0.717, 1.165) is 21.2 Å². The molecule has 1 nitrogen and oxygen atoms in total. The van der Waals surface area contributed by atoms with Gasteiger partial charge in [-0.2, -0.15) is 0 Å². The minimum atomic E-state index is 0.925. The van der Waals surface area contributed by atoms with Crippen molar-refractivity contribution >= 4 is 42.6 Å². The second kappa shape index (κ2) is 4.22. The molecule has 0 aliphatic heterocycles. The van der Waals surface area contributed by atoms with Crippen LogP contribution >= 0.6 is 31.9 Å². The third kappa shape index (κ3) is 1.83. The molecule has 0 aliphatic carbocycles. The van der Waals surface area contributed by atoms with E-state index in [1.54, 1.807) is 0 Å². The summed E-state index contributed by atoms with van der Waals surface area (Å²) in [4.78, 5) is 4.45. The van der Waals surface area contributed by atoms with Crippen LogP contribution < -0.4 is 0 Å². The van der Waals surface area contributed by atoms with Crippen molar-refractivity contribution in [3.8, 4) is 0 Å². The lowest BCUT2D eigenvalue weighted by molar-refractivity contribution is 1.13. The van der Waals surface area contributed by atoms with Gasteiger partial charge in [-0.1, -0.05) is 25.1 Å². The monoisotopic (exact) mass is 327 g/mol. The van der Waals surface area contributed by atoms with Gasteiger partial charge in [0.2, 0.25) is 0 Å². The molecular formula is C12H11Br2N. The Labute approximate surface area is 106 Å². The van der Waals surface area contributed by atoms with Crippen LogP contribution in [0.15, 0.2) is 27.3 Å². The number of aromatic nitrogens is 1. The van der Waals surface area contributed by atoms with Gasteiger partial charge in [-0.25, -0.2) is 4.98 Å². The van der Waals surface area contributed by atoms with Gasteiger partial charge < -0.3 is 0 Å². The highest BCUT2D eigenvalue weighted by Crippen LogP contribution is 2.33. The largest absolute Gasteiger partial charge is 0.244 e. The van der Waals surface area contributed by atoms with Gasteiger partial charge in [0.15, 0.2) is 0 Å². The van der Waals surface area contributed by atoms with Gasteiger partial charge in [-0.15, -0.1) is 0 Å². The summed E-state index contributed by atoms with van der Waals surface area (Å²) in [6.45, 7) is 4.19. The third-order valence-corrected chi connectivity index (χ3v) is 4.13. The summed E-state index contributed by atoms with van der Waals surface area (Å²) >= 11 is 7.14. The molecule has 0 bridgehead atoms. The van der Waals surface area contributed by atoms with Crippen molar-refractivity contribution in [2.75, 3.05) is 0 Å². The first-order valence-corrected chi connectivity index (χ1v) is 6.47. The summed E-state index contributed by atoms with van der Waals surface area (Å²) < 4.78 is 2.03. The maximum atomic E-state index is 4.45.